The quantitative estimate of drug-likeness (QED) is 0.527. The standard InChI is InChI=1S/C16H17F3N8/c1-3-26-9-13(11(2)24-26)14-4-6-20-15(22-14)23-21-8-12-5-7-27(25-12)10-16(17,18)19/h4-9H,3,10H2,1-2H3,(H,20,22,23)/b21-8+. The van der Waals surface area contributed by atoms with Gasteiger partial charge in [0.15, 0.2) is 0 Å². The number of nitrogens with one attached hydrogen (secondary N) is 1. The largest absolute Gasteiger partial charge is 0.408 e. The summed E-state index contributed by atoms with van der Waals surface area (Å²) in [4.78, 5) is 8.44. The van der Waals surface area contributed by atoms with E-state index in [0.29, 0.717) is 5.69 Å². The van der Waals surface area contributed by atoms with Crippen LogP contribution < -0.4 is 5.43 Å². The van der Waals surface area contributed by atoms with Gasteiger partial charge in [-0.3, -0.25) is 9.36 Å². The molecule has 0 aliphatic carbocycles. The third kappa shape index (κ3) is 4.90. The Morgan fingerprint density at radius 1 is 1.22 bits per heavy atom. The molecule has 0 saturated carbocycles. The van der Waals surface area contributed by atoms with Crippen molar-refractivity contribution in [2.45, 2.75) is 33.1 Å². The summed E-state index contributed by atoms with van der Waals surface area (Å²) in [5.41, 5.74) is 5.35. The number of aryl methyl sites for hydroxylation is 2. The highest BCUT2D eigenvalue weighted by Crippen LogP contribution is 2.21. The molecular weight excluding hydrogens is 361 g/mol. The molecule has 0 amide bonds. The van der Waals surface area contributed by atoms with Crippen molar-refractivity contribution in [1.82, 2.24) is 29.5 Å². The van der Waals surface area contributed by atoms with Gasteiger partial charge in [-0.2, -0.15) is 28.5 Å². The molecule has 3 aromatic heterocycles. The maximum Gasteiger partial charge on any atom is 0.408 e. The van der Waals surface area contributed by atoms with Gasteiger partial charge >= 0.3 is 6.18 Å². The van der Waals surface area contributed by atoms with Crippen LogP contribution in [0, 0.1) is 6.92 Å². The molecule has 0 unspecified atom stereocenters. The monoisotopic (exact) mass is 378 g/mol. The van der Waals surface area contributed by atoms with Gasteiger partial charge in [0.1, 0.15) is 12.2 Å². The number of hydrogen-bond acceptors (Lipinski definition) is 6. The van der Waals surface area contributed by atoms with Crippen LogP contribution >= 0.6 is 0 Å². The fourth-order valence-electron chi connectivity index (χ4n) is 2.37. The molecule has 0 aliphatic rings. The molecule has 3 aromatic rings. The van der Waals surface area contributed by atoms with Crippen molar-refractivity contribution in [2.75, 3.05) is 5.43 Å². The number of hydrazone groups is 1. The first-order valence-electron chi connectivity index (χ1n) is 8.11. The minimum absolute atomic E-state index is 0.252. The molecular formula is C16H17F3N8. The van der Waals surface area contributed by atoms with Gasteiger partial charge in [0.25, 0.3) is 0 Å². The average molecular weight is 378 g/mol. The first kappa shape index (κ1) is 18.5. The van der Waals surface area contributed by atoms with E-state index >= 15 is 0 Å². The third-order valence-corrected chi connectivity index (χ3v) is 3.57. The topological polar surface area (TPSA) is 85.8 Å². The predicted octanol–water partition coefficient (Wildman–Crippen LogP) is 2.87. The molecule has 8 nitrogen and oxygen atoms in total. The molecule has 0 bridgehead atoms. The van der Waals surface area contributed by atoms with Crippen LogP contribution in [0.25, 0.3) is 11.3 Å². The second kappa shape index (κ2) is 7.56. The van der Waals surface area contributed by atoms with E-state index < -0.39 is 12.7 Å². The lowest BCUT2D eigenvalue weighted by atomic mass is 10.2. The average Bonchev–Trinajstić information content (AvgIpc) is 3.20. The lowest BCUT2D eigenvalue weighted by Crippen LogP contribution is -2.18. The highest BCUT2D eigenvalue weighted by atomic mass is 19.4. The molecule has 0 spiro atoms. The SMILES string of the molecule is CCn1cc(-c2ccnc(N/N=C/c3ccn(CC(F)(F)F)n3)n2)c(C)n1. The van der Waals surface area contributed by atoms with E-state index in [-0.39, 0.29) is 11.6 Å². The number of alkyl halides is 3. The maximum absolute atomic E-state index is 12.3. The van der Waals surface area contributed by atoms with E-state index in [2.05, 4.69) is 30.7 Å². The number of nitrogens with zero attached hydrogens (tertiary/aromatic N) is 7. The normalized spacial score (nSPS) is 12.0. The van der Waals surface area contributed by atoms with E-state index in [1.807, 2.05) is 24.7 Å². The van der Waals surface area contributed by atoms with Crippen molar-refractivity contribution in [3.8, 4) is 11.3 Å². The molecule has 0 saturated heterocycles. The van der Waals surface area contributed by atoms with Crippen molar-refractivity contribution < 1.29 is 13.2 Å². The van der Waals surface area contributed by atoms with Crippen molar-refractivity contribution in [1.29, 1.82) is 0 Å². The highest BCUT2D eigenvalue weighted by Gasteiger charge is 2.28. The molecule has 142 valence electrons. The van der Waals surface area contributed by atoms with E-state index in [4.69, 9.17) is 0 Å². The summed E-state index contributed by atoms with van der Waals surface area (Å²) in [7, 11) is 0. The summed E-state index contributed by atoms with van der Waals surface area (Å²) in [6, 6.07) is 3.19. The van der Waals surface area contributed by atoms with Crippen LogP contribution in [0.4, 0.5) is 19.1 Å². The molecule has 0 aliphatic heterocycles. The Balaban J connectivity index is 1.68. The number of hydrogen-bond donors (Lipinski definition) is 1. The Kier molecular flexibility index (Phi) is 5.19. The van der Waals surface area contributed by atoms with Crippen LogP contribution in [-0.4, -0.2) is 41.9 Å². The Morgan fingerprint density at radius 2 is 2.04 bits per heavy atom. The van der Waals surface area contributed by atoms with Crippen LogP contribution in [0.15, 0.2) is 35.8 Å². The Morgan fingerprint density at radius 3 is 2.74 bits per heavy atom. The molecule has 0 fully saturated rings. The summed E-state index contributed by atoms with van der Waals surface area (Å²) in [6.45, 7) is 3.49. The molecule has 0 radical (unpaired) electrons. The number of aromatic nitrogens is 6. The van der Waals surface area contributed by atoms with Crippen molar-refractivity contribution in [3.63, 3.8) is 0 Å². The van der Waals surface area contributed by atoms with Gasteiger partial charge < -0.3 is 0 Å². The van der Waals surface area contributed by atoms with Crippen molar-refractivity contribution in [2.24, 2.45) is 5.10 Å². The van der Waals surface area contributed by atoms with Gasteiger partial charge in [0, 0.05) is 30.7 Å². The summed E-state index contributed by atoms with van der Waals surface area (Å²) < 4.78 is 39.6. The van der Waals surface area contributed by atoms with Gasteiger partial charge in [-0.05, 0) is 26.0 Å². The zero-order valence-corrected chi connectivity index (χ0v) is 14.6. The fraction of sp³-hybridized carbons (Fsp3) is 0.312. The zero-order chi connectivity index (χ0) is 19.4. The van der Waals surface area contributed by atoms with Crippen LogP contribution in [-0.2, 0) is 13.1 Å². The second-order valence-corrected chi connectivity index (χ2v) is 5.67. The third-order valence-electron chi connectivity index (χ3n) is 3.57. The van der Waals surface area contributed by atoms with Gasteiger partial charge in [0.05, 0.1) is 17.6 Å². The number of rotatable bonds is 6. The Hall–Kier alpha value is -3.24. The molecule has 3 rings (SSSR count). The maximum atomic E-state index is 12.3. The van der Waals surface area contributed by atoms with Gasteiger partial charge in [0.2, 0.25) is 5.95 Å². The Bertz CT molecular complexity index is 941. The van der Waals surface area contributed by atoms with Gasteiger partial charge in [-0.1, -0.05) is 0 Å². The van der Waals surface area contributed by atoms with Crippen LogP contribution in [0.1, 0.15) is 18.3 Å². The summed E-state index contributed by atoms with van der Waals surface area (Å²) in [5, 5.41) is 12.1. The van der Waals surface area contributed by atoms with Crippen molar-refractivity contribution in [3.05, 3.63) is 42.1 Å². The molecule has 27 heavy (non-hydrogen) atoms. The lowest BCUT2D eigenvalue weighted by Gasteiger charge is -2.04. The number of halogens is 3. The first-order valence-corrected chi connectivity index (χ1v) is 8.11. The van der Waals surface area contributed by atoms with Crippen LogP contribution in [0.5, 0.6) is 0 Å². The van der Waals surface area contributed by atoms with Crippen molar-refractivity contribution >= 4 is 12.2 Å². The number of anilines is 1. The zero-order valence-electron chi connectivity index (χ0n) is 14.6. The smallest absolute Gasteiger partial charge is 0.272 e. The van der Waals surface area contributed by atoms with Gasteiger partial charge in [-0.25, -0.2) is 15.4 Å². The summed E-state index contributed by atoms with van der Waals surface area (Å²) in [6.07, 6.45) is 1.69. The lowest BCUT2D eigenvalue weighted by molar-refractivity contribution is -0.142. The highest BCUT2D eigenvalue weighted by molar-refractivity contribution is 5.77. The molecule has 0 atom stereocenters. The first-order chi connectivity index (χ1) is 12.8. The summed E-state index contributed by atoms with van der Waals surface area (Å²) in [5.74, 6) is 0.252. The van der Waals surface area contributed by atoms with E-state index in [1.54, 1.807) is 12.3 Å². The summed E-state index contributed by atoms with van der Waals surface area (Å²) >= 11 is 0. The minimum Gasteiger partial charge on any atom is -0.272 e. The van der Waals surface area contributed by atoms with E-state index in [0.717, 1.165) is 22.5 Å². The van der Waals surface area contributed by atoms with Gasteiger partial charge in [-0.15, -0.1) is 0 Å². The van der Waals surface area contributed by atoms with Crippen LogP contribution in [0.2, 0.25) is 0 Å². The predicted molar refractivity (Wildman–Crippen MR) is 93.2 cm³/mol. The Labute approximate surface area is 152 Å². The molecule has 1 N–H and O–H groups in total. The molecule has 11 heteroatoms. The molecule has 3 heterocycles. The second-order valence-electron chi connectivity index (χ2n) is 5.67. The minimum atomic E-state index is -4.32. The molecule has 0 aromatic carbocycles. The van der Waals surface area contributed by atoms with E-state index in [1.165, 1.54) is 18.5 Å². The van der Waals surface area contributed by atoms with E-state index in [9.17, 15) is 13.2 Å². The fourth-order valence-corrected chi connectivity index (χ4v) is 2.37. The van der Waals surface area contributed by atoms with Crippen LogP contribution in [0.3, 0.4) is 0 Å².